The van der Waals surface area contributed by atoms with E-state index in [4.69, 9.17) is 9.26 Å². The molecule has 0 aliphatic carbocycles. The van der Waals surface area contributed by atoms with Gasteiger partial charge in [0.1, 0.15) is 11.9 Å². The summed E-state index contributed by atoms with van der Waals surface area (Å²) < 4.78 is 10.7. The molecule has 0 aromatic carbocycles. The maximum Gasteiger partial charge on any atom is 0.276 e. The van der Waals surface area contributed by atoms with Crippen molar-refractivity contribution in [2.75, 3.05) is 38.7 Å². The second-order valence-electron chi connectivity index (χ2n) is 5.61. The Morgan fingerprint density at radius 1 is 1.43 bits per heavy atom. The van der Waals surface area contributed by atoms with Gasteiger partial charge in [0, 0.05) is 32.9 Å². The van der Waals surface area contributed by atoms with E-state index in [2.05, 4.69) is 15.1 Å². The zero-order chi connectivity index (χ0) is 16.4. The monoisotopic (exact) mass is 317 g/mol. The Bertz CT molecular complexity index is 700. The Balaban J connectivity index is 1.75. The van der Waals surface area contributed by atoms with Crippen LogP contribution in [0.2, 0.25) is 0 Å². The Kier molecular flexibility index (Phi) is 4.24. The smallest absolute Gasteiger partial charge is 0.276 e. The summed E-state index contributed by atoms with van der Waals surface area (Å²) in [5, 5.41) is 3.79. The zero-order valence-corrected chi connectivity index (χ0v) is 13.4. The van der Waals surface area contributed by atoms with E-state index in [1.54, 1.807) is 24.1 Å². The number of nitrogens with zero attached hydrogens (tertiary/aromatic N) is 5. The van der Waals surface area contributed by atoms with Crippen LogP contribution in [0.3, 0.4) is 0 Å². The summed E-state index contributed by atoms with van der Waals surface area (Å²) >= 11 is 0. The summed E-state index contributed by atoms with van der Waals surface area (Å²) in [6.07, 6.45) is 1.42. The first kappa shape index (κ1) is 15.4. The summed E-state index contributed by atoms with van der Waals surface area (Å²) in [6.45, 7) is 3.16. The van der Waals surface area contributed by atoms with Crippen molar-refractivity contribution in [3.8, 4) is 0 Å². The van der Waals surface area contributed by atoms with Gasteiger partial charge in [0.2, 0.25) is 5.95 Å². The summed E-state index contributed by atoms with van der Waals surface area (Å²) in [7, 11) is 3.76. The lowest BCUT2D eigenvalue weighted by Gasteiger charge is -2.32. The number of amides is 1. The van der Waals surface area contributed by atoms with Gasteiger partial charge in [-0.15, -0.1) is 0 Å². The fourth-order valence-corrected chi connectivity index (χ4v) is 2.40. The predicted molar refractivity (Wildman–Crippen MR) is 82.2 cm³/mol. The Labute approximate surface area is 134 Å². The van der Waals surface area contributed by atoms with Crippen LogP contribution in [0.5, 0.6) is 0 Å². The minimum Gasteiger partial charge on any atom is -0.368 e. The van der Waals surface area contributed by atoms with Crippen molar-refractivity contribution in [1.29, 1.82) is 0 Å². The van der Waals surface area contributed by atoms with E-state index in [0.29, 0.717) is 37.1 Å². The summed E-state index contributed by atoms with van der Waals surface area (Å²) in [4.78, 5) is 24.7. The molecule has 1 saturated heterocycles. The maximum absolute atomic E-state index is 12.5. The minimum absolute atomic E-state index is 0.156. The van der Waals surface area contributed by atoms with Crippen LogP contribution in [0, 0.1) is 6.92 Å². The van der Waals surface area contributed by atoms with Gasteiger partial charge in [-0.05, 0) is 13.0 Å². The maximum atomic E-state index is 12.5. The van der Waals surface area contributed by atoms with Gasteiger partial charge in [-0.3, -0.25) is 4.79 Å². The molecule has 1 amide bonds. The Morgan fingerprint density at radius 2 is 2.26 bits per heavy atom. The van der Waals surface area contributed by atoms with Gasteiger partial charge in [-0.2, -0.15) is 0 Å². The van der Waals surface area contributed by atoms with Crippen LogP contribution in [0.1, 0.15) is 28.0 Å². The molecule has 3 heterocycles. The molecule has 0 saturated carbocycles. The number of carbonyl (C=O) groups excluding carboxylic acids is 1. The van der Waals surface area contributed by atoms with Crippen molar-refractivity contribution in [2.24, 2.45) is 0 Å². The summed E-state index contributed by atoms with van der Waals surface area (Å²) in [5.74, 6) is 1.07. The van der Waals surface area contributed by atoms with Crippen molar-refractivity contribution < 1.29 is 14.1 Å². The molecule has 8 heteroatoms. The second kappa shape index (κ2) is 6.33. The van der Waals surface area contributed by atoms with E-state index in [0.717, 1.165) is 5.69 Å². The van der Waals surface area contributed by atoms with Crippen LogP contribution in [-0.2, 0) is 4.74 Å². The third-order valence-corrected chi connectivity index (χ3v) is 3.60. The highest BCUT2D eigenvalue weighted by molar-refractivity contribution is 5.92. The first-order valence-corrected chi connectivity index (χ1v) is 7.39. The van der Waals surface area contributed by atoms with E-state index >= 15 is 0 Å². The lowest BCUT2D eigenvalue weighted by atomic mass is 10.2. The molecule has 0 bridgehead atoms. The minimum atomic E-state index is -0.276. The van der Waals surface area contributed by atoms with E-state index in [1.807, 2.05) is 25.1 Å². The normalized spacial score (nSPS) is 18.0. The van der Waals surface area contributed by atoms with Crippen LogP contribution < -0.4 is 4.90 Å². The second-order valence-corrected chi connectivity index (χ2v) is 5.61. The molecule has 23 heavy (non-hydrogen) atoms. The molecule has 1 aliphatic heterocycles. The molecule has 3 rings (SSSR count). The summed E-state index contributed by atoms with van der Waals surface area (Å²) in [6, 6.07) is 3.45. The van der Waals surface area contributed by atoms with Gasteiger partial charge >= 0.3 is 0 Å². The highest BCUT2D eigenvalue weighted by atomic mass is 16.5. The number of aromatic nitrogens is 3. The van der Waals surface area contributed by atoms with Crippen molar-refractivity contribution in [3.05, 3.63) is 35.5 Å². The molecular weight excluding hydrogens is 298 g/mol. The zero-order valence-electron chi connectivity index (χ0n) is 13.4. The van der Waals surface area contributed by atoms with Gasteiger partial charge < -0.3 is 19.1 Å². The standard InChI is InChI=1S/C15H19N5O3/c1-10-8-12(18-23-10)14(21)20-6-7-22-13(9-20)11-4-5-16-15(17-11)19(2)3/h4-5,8,13H,6-7,9H2,1-3H3. The summed E-state index contributed by atoms with van der Waals surface area (Å²) in [5.41, 5.74) is 1.08. The lowest BCUT2D eigenvalue weighted by Crippen LogP contribution is -2.42. The SMILES string of the molecule is Cc1cc(C(=O)N2CCOC(c3ccnc(N(C)C)n3)C2)no1. The molecule has 2 aromatic rings. The van der Waals surface area contributed by atoms with Gasteiger partial charge in [0.25, 0.3) is 5.91 Å². The van der Waals surface area contributed by atoms with Crippen LogP contribution in [0.15, 0.2) is 22.9 Å². The Morgan fingerprint density at radius 3 is 2.96 bits per heavy atom. The van der Waals surface area contributed by atoms with Crippen LogP contribution in [0.25, 0.3) is 0 Å². The molecule has 0 radical (unpaired) electrons. The van der Waals surface area contributed by atoms with Gasteiger partial charge in [-0.1, -0.05) is 5.16 Å². The number of rotatable bonds is 3. The highest BCUT2D eigenvalue weighted by Gasteiger charge is 2.28. The quantitative estimate of drug-likeness (QED) is 0.836. The van der Waals surface area contributed by atoms with Crippen molar-refractivity contribution in [3.63, 3.8) is 0 Å². The van der Waals surface area contributed by atoms with Crippen molar-refractivity contribution in [2.45, 2.75) is 13.0 Å². The topological polar surface area (TPSA) is 84.6 Å². The first-order valence-electron chi connectivity index (χ1n) is 7.39. The van der Waals surface area contributed by atoms with Crippen LogP contribution in [0.4, 0.5) is 5.95 Å². The highest BCUT2D eigenvalue weighted by Crippen LogP contribution is 2.22. The van der Waals surface area contributed by atoms with Gasteiger partial charge in [0.05, 0.1) is 18.8 Å². The van der Waals surface area contributed by atoms with Crippen LogP contribution in [-0.4, -0.2) is 59.7 Å². The number of morpholine rings is 1. The Hall–Kier alpha value is -2.48. The number of carbonyl (C=O) groups is 1. The molecule has 1 unspecified atom stereocenters. The van der Waals surface area contributed by atoms with E-state index in [9.17, 15) is 4.79 Å². The number of aryl methyl sites for hydroxylation is 1. The van der Waals surface area contributed by atoms with Crippen molar-refractivity contribution >= 4 is 11.9 Å². The van der Waals surface area contributed by atoms with E-state index in [-0.39, 0.29) is 12.0 Å². The largest absolute Gasteiger partial charge is 0.368 e. The third kappa shape index (κ3) is 3.31. The molecule has 1 aliphatic rings. The van der Waals surface area contributed by atoms with Crippen molar-refractivity contribution in [1.82, 2.24) is 20.0 Å². The van der Waals surface area contributed by atoms with E-state index in [1.165, 1.54) is 0 Å². The molecular formula is C15H19N5O3. The molecule has 1 fully saturated rings. The average Bonchev–Trinajstić information content (AvgIpc) is 3.01. The first-order chi connectivity index (χ1) is 11.0. The fraction of sp³-hybridized carbons (Fsp3) is 0.467. The molecule has 0 spiro atoms. The number of anilines is 1. The molecule has 2 aromatic heterocycles. The molecule has 8 nitrogen and oxygen atoms in total. The van der Waals surface area contributed by atoms with Gasteiger partial charge in [0.15, 0.2) is 5.69 Å². The van der Waals surface area contributed by atoms with Crippen LogP contribution >= 0.6 is 0 Å². The number of ether oxygens (including phenoxy) is 1. The number of hydrogen-bond donors (Lipinski definition) is 0. The molecule has 122 valence electrons. The molecule has 1 atom stereocenters. The third-order valence-electron chi connectivity index (χ3n) is 3.60. The average molecular weight is 317 g/mol. The lowest BCUT2D eigenvalue weighted by molar-refractivity contribution is -0.0250. The fourth-order valence-electron chi connectivity index (χ4n) is 2.40. The van der Waals surface area contributed by atoms with E-state index < -0.39 is 0 Å². The van der Waals surface area contributed by atoms with Gasteiger partial charge in [-0.25, -0.2) is 9.97 Å². The molecule has 0 N–H and O–H groups in total. The predicted octanol–water partition coefficient (Wildman–Crippen LogP) is 1.05. The number of hydrogen-bond acceptors (Lipinski definition) is 7.